The molecule has 0 spiro atoms. The number of rotatable bonds is 7. The number of likely N-dealkylation sites (tertiary alicyclic amines) is 1. The zero-order valence-electron chi connectivity index (χ0n) is 19.6. The molecule has 1 aromatic heterocycles. The SMILES string of the molecule is CN[C@@H](C)C(=O)N[C@H](C(=O)N1CC[C@H]2NC[C@H](c3c[nH]c4cc(C)ccc34)[C@H]21)[C@@H](C)OC. The van der Waals surface area contributed by atoms with Gasteiger partial charge < -0.3 is 30.6 Å². The summed E-state index contributed by atoms with van der Waals surface area (Å²) in [5.41, 5.74) is 3.58. The Morgan fingerprint density at radius 1 is 1.28 bits per heavy atom. The van der Waals surface area contributed by atoms with Crippen molar-refractivity contribution in [3.8, 4) is 0 Å². The van der Waals surface area contributed by atoms with Crippen LogP contribution in [0.4, 0.5) is 0 Å². The number of hydrogen-bond acceptors (Lipinski definition) is 5. The molecule has 174 valence electrons. The number of nitrogens with zero attached hydrogens (tertiary/aromatic N) is 1. The number of H-pyrrole nitrogens is 1. The van der Waals surface area contributed by atoms with Gasteiger partial charge in [0, 0.05) is 49.3 Å². The maximum atomic E-state index is 13.7. The number of hydrogen-bond donors (Lipinski definition) is 4. The Hall–Kier alpha value is -2.42. The second-order valence-corrected chi connectivity index (χ2v) is 9.16. The molecule has 2 aromatic rings. The van der Waals surface area contributed by atoms with Crippen molar-refractivity contribution in [1.29, 1.82) is 0 Å². The number of fused-ring (bicyclic) bond motifs is 2. The summed E-state index contributed by atoms with van der Waals surface area (Å²) >= 11 is 0. The van der Waals surface area contributed by atoms with Gasteiger partial charge in [-0.2, -0.15) is 0 Å². The normalized spacial score (nSPS) is 25.5. The summed E-state index contributed by atoms with van der Waals surface area (Å²) < 4.78 is 5.48. The molecule has 0 saturated carbocycles. The minimum Gasteiger partial charge on any atom is -0.379 e. The van der Waals surface area contributed by atoms with Crippen LogP contribution in [-0.2, 0) is 14.3 Å². The predicted octanol–water partition coefficient (Wildman–Crippen LogP) is 1.26. The molecule has 32 heavy (non-hydrogen) atoms. The molecule has 3 heterocycles. The number of ether oxygens (including phenoxy) is 1. The summed E-state index contributed by atoms with van der Waals surface area (Å²) in [7, 11) is 3.29. The first-order valence-corrected chi connectivity index (χ1v) is 11.5. The molecule has 6 atom stereocenters. The number of carbonyl (C=O) groups is 2. The first-order chi connectivity index (χ1) is 15.3. The van der Waals surface area contributed by atoms with E-state index in [1.165, 1.54) is 16.5 Å². The summed E-state index contributed by atoms with van der Waals surface area (Å²) in [6.45, 7) is 7.19. The van der Waals surface area contributed by atoms with Gasteiger partial charge in [-0.1, -0.05) is 12.1 Å². The van der Waals surface area contributed by atoms with Crippen LogP contribution in [0.1, 0.15) is 37.3 Å². The maximum absolute atomic E-state index is 13.7. The van der Waals surface area contributed by atoms with Crippen molar-refractivity contribution in [3.63, 3.8) is 0 Å². The molecule has 4 rings (SSSR count). The Kier molecular flexibility index (Phi) is 6.55. The van der Waals surface area contributed by atoms with Gasteiger partial charge in [0.15, 0.2) is 0 Å². The highest BCUT2D eigenvalue weighted by Gasteiger charge is 2.49. The summed E-state index contributed by atoms with van der Waals surface area (Å²) in [4.78, 5) is 31.7. The quantitative estimate of drug-likeness (QED) is 0.519. The van der Waals surface area contributed by atoms with Gasteiger partial charge in [0.1, 0.15) is 6.04 Å². The van der Waals surface area contributed by atoms with Crippen molar-refractivity contribution in [2.45, 2.75) is 63.4 Å². The summed E-state index contributed by atoms with van der Waals surface area (Å²) in [6.07, 6.45) is 2.56. The first-order valence-electron chi connectivity index (χ1n) is 11.5. The van der Waals surface area contributed by atoms with E-state index in [0.29, 0.717) is 6.54 Å². The second-order valence-electron chi connectivity index (χ2n) is 9.16. The minimum absolute atomic E-state index is 0.0491. The molecule has 1 aromatic carbocycles. The molecule has 0 bridgehead atoms. The van der Waals surface area contributed by atoms with E-state index in [2.05, 4.69) is 52.3 Å². The largest absolute Gasteiger partial charge is 0.379 e. The van der Waals surface area contributed by atoms with E-state index in [4.69, 9.17) is 4.74 Å². The highest BCUT2D eigenvalue weighted by molar-refractivity contribution is 5.91. The van der Waals surface area contributed by atoms with Gasteiger partial charge in [0.25, 0.3) is 0 Å². The number of nitrogens with one attached hydrogen (secondary N) is 4. The zero-order valence-corrected chi connectivity index (χ0v) is 19.6. The van der Waals surface area contributed by atoms with E-state index in [1.54, 1.807) is 21.1 Å². The first kappa shape index (κ1) is 22.8. The number of aryl methyl sites for hydroxylation is 1. The third kappa shape index (κ3) is 4.02. The number of methoxy groups -OCH3 is 1. The molecule has 2 fully saturated rings. The van der Waals surface area contributed by atoms with Crippen LogP contribution in [0.25, 0.3) is 10.9 Å². The van der Waals surface area contributed by atoms with E-state index >= 15 is 0 Å². The van der Waals surface area contributed by atoms with E-state index in [-0.39, 0.29) is 29.8 Å². The number of aromatic nitrogens is 1. The fraction of sp³-hybridized carbons (Fsp3) is 0.583. The van der Waals surface area contributed by atoms with E-state index < -0.39 is 18.2 Å². The van der Waals surface area contributed by atoms with Crippen molar-refractivity contribution in [1.82, 2.24) is 25.8 Å². The predicted molar refractivity (Wildman–Crippen MR) is 125 cm³/mol. The molecular weight excluding hydrogens is 406 g/mol. The van der Waals surface area contributed by atoms with Crippen LogP contribution < -0.4 is 16.0 Å². The Balaban J connectivity index is 1.61. The fourth-order valence-electron chi connectivity index (χ4n) is 5.16. The highest BCUT2D eigenvalue weighted by atomic mass is 16.5. The number of amides is 2. The average Bonchev–Trinajstić information content (AvgIpc) is 3.50. The van der Waals surface area contributed by atoms with Gasteiger partial charge in [-0.25, -0.2) is 0 Å². The molecule has 2 aliphatic heterocycles. The lowest BCUT2D eigenvalue weighted by Crippen LogP contribution is -2.58. The maximum Gasteiger partial charge on any atom is 0.248 e. The van der Waals surface area contributed by atoms with E-state index in [0.717, 1.165) is 18.5 Å². The third-order valence-corrected chi connectivity index (χ3v) is 7.25. The van der Waals surface area contributed by atoms with Crippen LogP contribution in [0.3, 0.4) is 0 Å². The molecule has 0 aliphatic carbocycles. The lowest BCUT2D eigenvalue weighted by atomic mass is 9.90. The smallest absolute Gasteiger partial charge is 0.248 e. The standard InChI is InChI=1S/C24H35N5O3/c1-13-6-7-16-17(11-27-20(16)10-13)18-12-26-19-8-9-29(22(18)19)24(31)21(15(3)32-5)28-23(30)14(2)25-4/h6-7,10-11,14-15,18-19,21-22,25-27H,8-9,12H2,1-5H3,(H,28,30)/t14-,15+,18+,19+,21-,22+/m0/s1. The minimum atomic E-state index is -0.728. The molecule has 8 nitrogen and oxygen atoms in total. The molecule has 4 N–H and O–H groups in total. The Morgan fingerprint density at radius 2 is 2.06 bits per heavy atom. The second kappa shape index (κ2) is 9.21. The van der Waals surface area contributed by atoms with Gasteiger partial charge in [0.05, 0.1) is 18.2 Å². The van der Waals surface area contributed by atoms with Crippen LogP contribution in [0.2, 0.25) is 0 Å². The Bertz CT molecular complexity index is 989. The zero-order chi connectivity index (χ0) is 23.0. The van der Waals surface area contributed by atoms with Crippen LogP contribution in [0.5, 0.6) is 0 Å². The van der Waals surface area contributed by atoms with Crippen molar-refractivity contribution >= 4 is 22.7 Å². The Morgan fingerprint density at radius 3 is 2.78 bits per heavy atom. The monoisotopic (exact) mass is 441 g/mol. The molecular formula is C24H35N5O3. The van der Waals surface area contributed by atoms with Gasteiger partial charge in [-0.3, -0.25) is 9.59 Å². The average molecular weight is 442 g/mol. The molecule has 0 unspecified atom stereocenters. The molecule has 2 aliphatic rings. The van der Waals surface area contributed by atoms with Gasteiger partial charge in [-0.15, -0.1) is 0 Å². The van der Waals surface area contributed by atoms with E-state index in [1.807, 2.05) is 11.8 Å². The lowest BCUT2D eigenvalue weighted by Gasteiger charge is -2.34. The summed E-state index contributed by atoms with van der Waals surface area (Å²) in [5.74, 6) is -0.0974. The third-order valence-electron chi connectivity index (χ3n) is 7.25. The van der Waals surface area contributed by atoms with Crippen molar-refractivity contribution < 1.29 is 14.3 Å². The van der Waals surface area contributed by atoms with Gasteiger partial charge in [0.2, 0.25) is 11.8 Å². The topological polar surface area (TPSA) is 98.5 Å². The van der Waals surface area contributed by atoms with Gasteiger partial charge in [-0.05, 0) is 51.4 Å². The van der Waals surface area contributed by atoms with Crippen molar-refractivity contribution in [2.24, 2.45) is 0 Å². The molecule has 2 saturated heterocycles. The number of carbonyl (C=O) groups excluding carboxylic acids is 2. The number of benzene rings is 1. The summed E-state index contributed by atoms with van der Waals surface area (Å²) in [6, 6.07) is 5.64. The fourth-order valence-corrected chi connectivity index (χ4v) is 5.16. The van der Waals surface area contributed by atoms with Crippen molar-refractivity contribution in [2.75, 3.05) is 27.2 Å². The van der Waals surface area contributed by atoms with Crippen LogP contribution in [0.15, 0.2) is 24.4 Å². The molecule has 8 heteroatoms. The lowest BCUT2D eigenvalue weighted by molar-refractivity contribution is -0.141. The molecule has 2 amide bonds. The van der Waals surface area contributed by atoms with E-state index in [9.17, 15) is 9.59 Å². The Labute approximate surface area is 189 Å². The van der Waals surface area contributed by atoms with Crippen LogP contribution in [-0.4, -0.2) is 79.2 Å². The number of likely N-dealkylation sites (N-methyl/N-ethyl adjacent to an activating group) is 1. The van der Waals surface area contributed by atoms with Crippen LogP contribution >= 0.6 is 0 Å². The molecule has 0 radical (unpaired) electrons. The van der Waals surface area contributed by atoms with Gasteiger partial charge >= 0.3 is 0 Å². The highest BCUT2D eigenvalue weighted by Crippen LogP contribution is 2.39. The summed E-state index contributed by atoms with van der Waals surface area (Å²) in [5, 5.41) is 10.7. The van der Waals surface area contributed by atoms with Crippen LogP contribution in [0, 0.1) is 6.92 Å². The number of aromatic amines is 1. The van der Waals surface area contributed by atoms with Crippen molar-refractivity contribution in [3.05, 3.63) is 35.5 Å².